The molecular formula is C42H61Cl5N5O10P. The Bertz CT molecular complexity index is 2040. The highest BCUT2D eigenvalue weighted by atomic mass is 35.5. The maximum atomic E-state index is 12.1. The number of para-hydroxylation sites is 1. The van der Waals surface area contributed by atoms with E-state index in [1.54, 1.807) is 23.1 Å². The van der Waals surface area contributed by atoms with Crippen LogP contribution in [0.4, 0.5) is 5.69 Å². The molecule has 0 saturated carbocycles. The Morgan fingerprint density at radius 2 is 1.67 bits per heavy atom. The van der Waals surface area contributed by atoms with Gasteiger partial charge in [0.2, 0.25) is 11.8 Å². The van der Waals surface area contributed by atoms with Crippen LogP contribution >= 0.6 is 65.4 Å². The molecule has 63 heavy (non-hydrogen) atoms. The van der Waals surface area contributed by atoms with Gasteiger partial charge in [-0.2, -0.15) is 4.68 Å². The number of ether oxygens (including phenoxy) is 2. The highest BCUT2D eigenvalue weighted by Gasteiger charge is 2.25. The zero-order chi connectivity index (χ0) is 48.8. The number of aliphatic carboxylic acids is 1. The predicted octanol–water partition coefficient (Wildman–Crippen LogP) is 9.02. The zero-order valence-electron chi connectivity index (χ0n) is 37.2. The summed E-state index contributed by atoms with van der Waals surface area (Å²) >= 11 is 28.8. The average molecular weight is 1000 g/mol. The van der Waals surface area contributed by atoms with Crippen LogP contribution in [-0.2, 0) is 35.5 Å². The van der Waals surface area contributed by atoms with E-state index in [2.05, 4.69) is 25.2 Å². The fraction of sp³-hybridized carbons (Fsp3) is 0.500. The normalized spacial score (nSPS) is 12.3. The molecule has 0 aliphatic rings. The Kier molecular flexibility index (Phi) is 27.7. The molecule has 354 valence electrons. The van der Waals surface area contributed by atoms with Crippen molar-refractivity contribution in [2.45, 2.75) is 90.6 Å². The maximum Gasteiger partial charge on any atom is 0.442 e. The molecule has 2 unspecified atom stereocenters. The number of carbonyl (C=O) groups is 3. The molecule has 2 atom stereocenters. The topological polar surface area (TPSA) is 208 Å². The molecule has 4 N–H and O–H groups in total. The van der Waals surface area contributed by atoms with Gasteiger partial charge in [-0.15, -0.1) is 29.9 Å². The number of amides is 2. The van der Waals surface area contributed by atoms with Crippen LogP contribution in [0.2, 0.25) is 10.0 Å². The van der Waals surface area contributed by atoms with Crippen LogP contribution in [0.5, 0.6) is 5.75 Å². The number of aryl methyl sites for hydroxylation is 2. The molecule has 0 aliphatic heterocycles. The molecule has 0 saturated heterocycles. The summed E-state index contributed by atoms with van der Waals surface area (Å²) in [6.07, 6.45) is 4.02. The van der Waals surface area contributed by atoms with Crippen molar-refractivity contribution in [2.24, 2.45) is 5.73 Å². The van der Waals surface area contributed by atoms with E-state index in [9.17, 15) is 23.7 Å². The van der Waals surface area contributed by atoms with E-state index in [1.165, 1.54) is 17.6 Å². The first-order chi connectivity index (χ1) is 29.2. The second-order valence-corrected chi connectivity index (χ2v) is 19.6. The maximum absolute atomic E-state index is 12.1. The SMILES string of the molecule is C=CCN(CC=C)C(=O)C(Cl)Cl.CC(C)Oc1cc(-n2nc(C(C)(C)C)oc2=O)c(Cl)cc1Cl.CCOCN(C(=O)CCl)c1c(C)cccc1CC.CP(=O)(O)CCC(N)C(=O)O. The Balaban J connectivity index is 0.000000849. The van der Waals surface area contributed by atoms with Crippen LogP contribution in [0.1, 0.15) is 71.9 Å². The monoisotopic (exact) mass is 1000 g/mol. The first kappa shape index (κ1) is 59.6. The summed E-state index contributed by atoms with van der Waals surface area (Å²) in [5.41, 5.74) is 8.20. The van der Waals surface area contributed by atoms with Crippen LogP contribution in [0.25, 0.3) is 5.69 Å². The number of rotatable bonds is 18. The Morgan fingerprint density at radius 3 is 2.10 bits per heavy atom. The molecule has 1 aromatic heterocycles. The minimum Gasteiger partial charge on any atom is -0.489 e. The third-order valence-corrected chi connectivity index (χ3v) is 10.3. The lowest BCUT2D eigenvalue weighted by atomic mass is 9.97. The summed E-state index contributed by atoms with van der Waals surface area (Å²) in [6, 6.07) is 8.10. The second kappa shape index (κ2) is 29.2. The zero-order valence-corrected chi connectivity index (χ0v) is 41.9. The van der Waals surface area contributed by atoms with E-state index < -0.39 is 30.0 Å². The Hall–Kier alpha value is -3.37. The fourth-order valence-electron chi connectivity index (χ4n) is 4.87. The fourth-order valence-corrected chi connectivity index (χ4v) is 6.56. The van der Waals surface area contributed by atoms with Crippen molar-refractivity contribution >= 4 is 88.8 Å². The van der Waals surface area contributed by atoms with E-state index >= 15 is 0 Å². The summed E-state index contributed by atoms with van der Waals surface area (Å²) < 4.78 is 28.0. The van der Waals surface area contributed by atoms with Crippen molar-refractivity contribution in [3.05, 3.63) is 93.3 Å². The molecule has 0 fully saturated rings. The number of anilines is 1. The van der Waals surface area contributed by atoms with Crippen molar-refractivity contribution in [1.29, 1.82) is 0 Å². The van der Waals surface area contributed by atoms with Gasteiger partial charge in [-0.3, -0.25) is 23.8 Å². The van der Waals surface area contributed by atoms with E-state index in [0.717, 1.165) is 27.9 Å². The van der Waals surface area contributed by atoms with Crippen molar-refractivity contribution in [2.75, 3.05) is 50.0 Å². The van der Waals surface area contributed by atoms with Gasteiger partial charge in [-0.1, -0.05) is 104 Å². The van der Waals surface area contributed by atoms with Gasteiger partial charge in [0.15, 0.2) is 12.2 Å². The highest BCUT2D eigenvalue weighted by Crippen LogP contribution is 2.36. The number of carbonyl (C=O) groups excluding carboxylic acids is 2. The summed E-state index contributed by atoms with van der Waals surface area (Å²) in [5, 5.41) is 13.2. The summed E-state index contributed by atoms with van der Waals surface area (Å²) in [6.45, 7) is 25.3. The first-order valence-electron chi connectivity index (χ1n) is 19.6. The van der Waals surface area contributed by atoms with Crippen molar-refractivity contribution in [1.82, 2.24) is 14.7 Å². The highest BCUT2D eigenvalue weighted by molar-refractivity contribution is 7.57. The van der Waals surface area contributed by atoms with Crippen LogP contribution in [0, 0.1) is 6.92 Å². The molecular weight excluding hydrogens is 943 g/mol. The van der Waals surface area contributed by atoms with Crippen molar-refractivity contribution in [3.63, 3.8) is 0 Å². The second-order valence-electron chi connectivity index (χ2n) is 14.9. The number of carboxylic acid groups (broad SMARTS) is 1. The number of hydrogen-bond acceptors (Lipinski definition) is 10. The number of hydrogen-bond donors (Lipinski definition) is 3. The van der Waals surface area contributed by atoms with Crippen LogP contribution in [0.3, 0.4) is 0 Å². The molecule has 0 spiro atoms. The molecule has 3 rings (SSSR count). The lowest BCUT2D eigenvalue weighted by Crippen LogP contribution is -2.35. The summed E-state index contributed by atoms with van der Waals surface area (Å²) in [5.74, 6) is -1.47. The van der Waals surface area contributed by atoms with Gasteiger partial charge < -0.3 is 34.5 Å². The van der Waals surface area contributed by atoms with E-state index in [1.807, 2.05) is 66.7 Å². The lowest BCUT2D eigenvalue weighted by Gasteiger charge is -2.25. The standard InChI is InChI=1S/C15H18Cl2N2O3.C14H20ClNO2.C8H11Cl2NO.C5H12NO4P/c1-8(2)21-12-7-11(9(16)6-10(12)17)19-14(20)22-13(18-19)15(3,4)5;1-4-12-8-6-7-11(3)14(12)16(10-18-5-2)13(17)9-15;1-3-5-11(6-4-2)8(12)7(9)10;1-11(9,10)3-2-4(6)5(7)8/h6-8H,1-5H3;6-8H,4-5,9-10H2,1-3H3;3-4,7H,1-2,5-6H2;4H,2-3,6H2,1H3,(H,7,8)(H,9,10). The molecule has 0 bridgehead atoms. The summed E-state index contributed by atoms with van der Waals surface area (Å²) in [4.78, 5) is 56.2. The molecule has 21 heteroatoms. The Labute approximate surface area is 395 Å². The molecule has 15 nitrogen and oxygen atoms in total. The molecule has 0 radical (unpaired) electrons. The largest absolute Gasteiger partial charge is 0.489 e. The van der Waals surface area contributed by atoms with Gasteiger partial charge in [-0.05, 0) is 57.7 Å². The van der Waals surface area contributed by atoms with Gasteiger partial charge in [0.25, 0.3) is 5.91 Å². The van der Waals surface area contributed by atoms with E-state index in [0.29, 0.717) is 42.0 Å². The van der Waals surface area contributed by atoms with Crippen LogP contribution in [0.15, 0.2) is 64.9 Å². The molecule has 1 heterocycles. The third-order valence-electron chi connectivity index (χ3n) is 7.96. The van der Waals surface area contributed by atoms with E-state index in [-0.39, 0.29) is 53.5 Å². The first-order valence-corrected chi connectivity index (χ1v) is 24.0. The lowest BCUT2D eigenvalue weighted by molar-refractivity contribution is -0.138. The van der Waals surface area contributed by atoms with Gasteiger partial charge >= 0.3 is 11.7 Å². The number of nitrogens with zero attached hydrogens (tertiary/aromatic N) is 4. The average Bonchev–Trinajstić information content (AvgIpc) is 3.60. The molecule has 2 aromatic carbocycles. The Morgan fingerprint density at radius 1 is 1.08 bits per heavy atom. The molecule has 3 aromatic rings. The number of alkyl halides is 3. The minimum atomic E-state index is -3.10. The molecule has 2 amide bonds. The van der Waals surface area contributed by atoms with Gasteiger partial charge in [0.1, 0.15) is 24.4 Å². The van der Waals surface area contributed by atoms with Gasteiger partial charge in [0.05, 0.1) is 27.5 Å². The predicted molar refractivity (Wildman–Crippen MR) is 255 cm³/mol. The minimum absolute atomic E-state index is 0.0371. The smallest absolute Gasteiger partial charge is 0.442 e. The van der Waals surface area contributed by atoms with Crippen molar-refractivity contribution < 1.29 is 42.8 Å². The quantitative estimate of drug-likeness (QED) is 0.0472. The molecule has 0 aliphatic carbocycles. The van der Waals surface area contributed by atoms with Crippen LogP contribution < -0.4 is 21.1 Å². The number of benzene rings is 2. The van der Waals surface area contributed by atoms with Crippen molar-refractivity contribution in [3.8, 4) is 11.4 Å². The number of carboxylic acids is 1. The van der Waals surface area contributed by atoms with Crippen LogP contribution in [-0.4, -0.2) is 105 Å². The number of nitrogens with two attached hydrogens (primary N) is 1. The van der Waals surface area contributed by atoms with E-state index in [4.69, 9.17) is 87.6 Å². The number of halogens is 5. The van der Waals surface area contributed by atoms with Gasteiger partial charge in [0, 0.05) is 44.0 Å². The third kappa shape index (κ3) is 21.9. The number of aromatic nitrogens is 2. The van der Waals surface area contributed by atoms with Gasteiger partial charge in [-0.25, -0.2) is 4.79 Å². The summed E-state index contributed by atoms with van der Waals surface area (Å²) in [7, 11) is -3.10.